The van der Waals surface area contributed by atoms with Gasteiger partial charge in [-0.15, -0.1) is 0 Å². The first-order chi connectivity index (χ1) is 14.4. The van der Waals surface area contributed by atoms with E-state index in [-0.39, 0.29) is 30.9 Å². The van der Waals surface area contributed by atoms with Crippen LogP contribution in [0.5, 0.6) is 5.75 Å². The largest absolute Gasteiger partial charge is 0.497 e. The molecule has 1 heterocycles. The highest BCUT2D eigenvalue weighted by Gasteiger charge is 2.29. The van der Waals surface area contributed by atoms with Gasteiger partial charge in [0.1, 0.15) is 5.75 Å². The molecule has 30 heavy (non-hydrogen) atoms. The molecule has 3 rings (SSSR count). The van der Waals surface area contributed by atoms with Gasteiger partial charge in [0, 0.05) is 12.1 Å². The molecule has 1 aliphatic heterocycles. The second kappa shape index (κ2) is 9.41. The van der Waals surface area contributed by atoms with E-state index in [1.165, 1.54) is 0 Å². The number of nitrogens with one attached hydrogen (secondary N) is 2. The highest BCUT2D eigenvalue weighted by atomic mass is 16.5. The molecule has 1 unspecified atom stereocenters. The van der Waals surface area contributed by atoms with Gasteiger partial charge in [-0.2, -0.15) is 0 Å². The number of hydrogen-bond acceptors (Lipinski definition) is 5. The van der Waals surface area contributed by atoms with E-state index in [1.54, 1.807) is 31.4 Å². The first-order valence-electron chi connectivity index (χ1n) is 9.65. The minimum absolute atomic E-state index is 0.0156. The van der Waals surface area contributed by atoms with Crippen LogP contribution in [0.2, 0.25) is 0 Å². The molecular formula is C22H26N4O4. The summed E-state index contributed by atoms with van der Waals surface area (Å²) < 4.78 is 5.31. The highest BCUT2D eigenvalue weighted by Crippen LogP contribution is 2.22. The summed E-state index contributed by atoms with van der Waals surface area (Å²) in [6, 6.07) is 14.2. The predicted molar refractivity (Wildman–Crippen MR) is 112 cm³/mol. The first-order valence-corrected chi connectivity index (χ1v) is 9.65. The summed E-state index contributed by atoms with van der Waals surface area (Å²) in [5.74, 6) is 0.192. The molecule has 8 heteroatoms. The Morgan fingerprint density at radius 3 is 2.63 bits per heavy atom. The van der Waals surface area contributed by atoms with E-state index in [4.69, 9.17) is 4.74 Å². The third-order valence-corrected chi connectivity index (χ3v) is 5.09. The van der Waals surface area contributed by atoms with Crippen LogP contribution >= 0.6 is 0 Å². The standard InChI is InChI=1S/C22H26N4O4/c1-25(2)19(15-8-6-9-17(11-15)30-3)12-23-21(28)18-10-5-4-7-16(18)14-26-20(27)13-24-22(26)29/h4-11,19H,12-14H2,1-3H3,(H,23,28)(H,24,29). The number of rotatable bonds is 8. The second-order valence-electron chi connectivity index (χ2n) is 7.26. The number of hydrogen-bond donors (Lipinski definition) is 2. The molecule has 158 valence electrons. The van der Waals surface area contributed by atoms with Gasteiger partial charge in [-0.1, -0.05) is 30.3 Å². The zero-order valence-corrected chi connectivity index (χ0v) is 17.3. The molecule has 0 spiro atoms. The maximum Gasteiger partial charge on any atom is 0.324 e. The third kappa shape index (κ3) is 4.77. The summed E-state index contributed by atoms with van der Waals surface area (Å²) in [7, 11) is 5.51. The maximum atomic E-state index is 12.9. The quantitative estimate of drug-likeness (QED) is 0.648. The van der Waals surface area contributed by atoms with E-state index < -0.39 is 6.03 Å². The number of benzene rings is 2. The number of likely N-dealkylation sites (N-methyl/N-ethyl adjacent to an activating group) is 1. The van der Waals surface area contributed by atoms with Crippen LogP contribution < -0.4 is 15.4 Å². The monoisotopic (exact) mass is 410 g/mol. The Kier molecular flexibility index (Phi) is 6.68. The average molecular weight is 410 g/mol. The van der Waals surface area contributed by atoms with E-state index in [0.29, 0.717) is 17.7 Å². The Bertz CT molecular complexity index is 928. The third-order valence-electron chi connectivity index (χ3n) is 5.09. The topological polar surface area (TPSA) is 91.0 Å². The number of carbonyl (C=O) groups is 3. The Morgan fingerprint density at radius 1 is 1.20 bits per heavy atom. The van der Waals surface area contributed by atoms with Crippen molar-refractivity contribution < 1.29 is 19.1 Å². The van der Waals surface area contributed by atoms with Crippen LogP contribution in [0, 0.1) is 0 Å². The number of ether oxygens (including phenoxy) is 1. The van der Waals surface area contributed by atoms with Crippen molar-refractivity contribution in [3.8, 4) is 5.75 Å². The molecule has 1 aliphatic rings. The normalized spacial score (nSPS) is 14.6. The van der Waals surface area contributed by atoms with Crippen molar-refractivity contribution in [1.29, 1.82) is 0 Å². The van der Waals surface area contributed by atoms with E-state index in [1.807, 2.05) is 43.3 Å². The van der Waals surface area contributed by atoms with Crippen LogP contribution in [0.1, 0.15) is 27.5 Å². The van der Waals surface area contributed by atoms with Gasteiger partial charge < -0.3 is 20.3 Å². The predicted octanol–water partition coefficient (Wildman–Crippen LogP) is 1.78. The number of nitrogens with zero attached hydrogens (tertiary/aromatic N) is 2. The second-order valence-corrected chi connectivity index (χ2v) is 7.26. The summed E-state index contributed by atoms with van der Waals surface area (Å²) >= 11 is 0. The molecule has 0 saturated carbocycles. The summed E-state index contributed by atoms with van der Waals surface area (Å²) in [5.41, 5.74) is 2.07. The molecule has 0 bridgehead atoms. The van der Waals surface area contributed by atoms with E-state index in [9.17, 15) is 14.4 Å². The van der Waals surface area contributed by atoms with E-state index in [0.717, 1.165) is 16.2 Å². The lowest BCUT2D eigenvalue weighted by Crippen LogP contribution is -2.36. The van der Waals surface area contributed by atoms with Crippen LogP contribution in [-0.4, -0.2) is 61.9 Å². The van der Waals surface area contributed by atoms with Crippen molar-refractivity contribution in [2.75, 3.05) is 34.3 Å². The molecule has 8 nitrogen and oxygen atoms in total. The fourth-order valence-corrected chi connectivity index (χ4v) is 3.40. The van der Waals surface area contributed by atoms with Crippen molar-refractivity contribution in [3.63, 3.8) is 0 Å². The molecule has 0 aliphatic carbocycles. The average Bonchev–Trinajstić information content (AvgIpc) is 3.06. The number of amides is 4. The van der Waals surface area contributed by atoms with Gasteiger partial charge in [-0.25, -0.2) is 4.79 Å². The van der Waals surface area contributed by atoms with Crippen molar-refractivity contribution in [2.45, 2.75) is 12.6 Å². The Morgan fingerprint density at radius 2 is 1.97 bits per heavy atom. The minimum atomic E-state index is -0.444. The van der Waals surface area contributed by atoms with Crippen molar-refractivity contribution >= 4 is 17.8 Å². The Balaban J connectivity index is 1.73. The van der Waals surface area contributed by atoms with Crippen LogP contribution in [0.3, 0.4) is 0 Å². The van der Waals surface area contributed by atoms with Crippen molar-refractivity contribution in [3.05, 3.63) is 65.2 Å². The number of methoxy groups -OCH3 is 1. The lowest BCUT2D eigenvalue weighted by atomic mass is 10.0. The molecule has 2 aromatic carbocycles. The van der Waals surface area contributed by atoms with Crippen LogP contribution in [0.25, 0.3) is 0 Å². The Hall–Kier alpha value is -3.39. The van der Waals surface area contributed by atoms with Gasteiger partial charge in [-0.3, -0.25) is 14.5 Å². The number of urea groups is 1. The molecule has 2 N–H and O–H groups in total. The summed E-state index contributed by atoms with van der Waals surface area (Å²) in [6.07, 6.45) is 0. The maximum absolute atomic E-state index is 12.9. The van der Waals surface area contributed by atoms with Crippen molar-refractivity contribution in [2.24, 2.45) is 0 Å². The van der Waals surface area contributed by atoms with Gasteiger partial charge in [0.15, 0.2) is 0 Å². The van der Waals surface area contributed by atoms with Gasteiger partial charge >= 0.3 is 6.03 Å². The van der Waals surface area contributed by atoms with Crippen LogP contribution in [0.4, 0.5) is 4.79 Å². The highest BCUT2D eigenvalue weighted by molar-refractivity contribution is 6.02. The molecular weight excluding hydrogens is 384 g/mol. The molecule has 1 atom stereocenters. The fraction of sp³-hybridized carbons (Fsp3) is 0.318. The minimum Gasteiger partial charge on any atom is -0.497 e. The van der Waals surface area contributed by atoms with Crippen molar-refractivity contribution in [1.82, 2.24) is 20.4 Å². The smallest absolute Gasteiger partial charge is 0.324 e. The number of imide groups is 1. The summed E-state index contributed by atoms with van der Waals surface area (Å²) in [6.45, 7) is 0.427. The van der Waals surface area contributed by atoms with Gasteiger partial charge in [0.25, 0.3) is 5.91 Å². The van der Waals surface area contributed by atoms with Gasteiger partial charge in [-0.05, 0) is 43.4 Å². The molecule has 1 fully saturated rings. The first kappa shape index (κ1) is 21.3. The van der Waals surface area contributed by atoms with E-state index in [2.05, 4.69) is 10.6 Å². The lowest BCUT2D eigenvalue weighted by molar-refractivity contribution is -0.125. The number of carbonyl (C=O) groups excluding carboxylic acids is 3. The lowest BCUT2D eigenvalue weighted by Gasteiger charge is -2.25. The summed E-state index contributed by atoms with van der Waals surface area (Å²) in [5, 5.41) is 5.47. The van der Waals surface area contributed by atoms with Crippen LogP contribution in [-0.2, 0) is 11.3 Å². The summed E-state index contributed by atoms with van der Waals surface area (Å²) in [4.78, 5) is 39.8. The zero-order valence-electron chi connectivity index (χ0n) is 17.3. The van der Waals surface area contributed by atoms with Gasteiger partial charge in [0.05, 0.1) is 26.2 Å². The van der Waals surface area contributed by atoms with Crippen LogP contribution in [0.15, 0.2) is 48.5 Å². The fourth-order valence-electron chi connectivity index (χ4n) is 3.40. The molecule has 4 amide bonds. The molecule has 0 radical (unpaired) electrons. The molecule has 1 saturated heterocycles. The molecule has 2 aromatic rings. The van der Waals surface area contributed by atoms with Gasteiger partial charge in [0.2, 0.25) is 5.91 Å². The zero-order chi connectivity index (χ0) is 21.7. The molecule has 0 aromatic heterocycles. The SMILES string of the molecule is COc1cccc(C(CNC(=O)c2ccccc2CN2C(=O)CNC2=O)N(C)C)c1. The van der Waals surface area contributed by atoms with E-state index >= 15 is 0 Å². The Labute approximate surface area is 175 Å².